The number of aryl methyl sites for hydroxylation is 1. The van der Waals surface area contributed by atoms with Gasteiger partial charge in [-0.25, -0.2) is 0 Å². The second kappa shape index (κ2) is 6.89. The monoisotopic (exact) mass is 435 g/mol. The first-order valence-electron chi connectivity index (χ1n) is 7.37. The lowest BCUT2D eigenvalue weighted by Crippen LogP contribution is -2.13. The Morgan fingerprint density at radius 2 is 1.83 bits per heavy atom. The summed E-state index contributed by atoms with van der Waals surface area (Å²) in [6.45, 7) is 2.08. The number of hydrogen-bond acceptors (Lipinski definition) is 1. The summed E-state index contributed by atoms with van der Waals surface area (Å²) < 4.78 is 1.16. The van der Waals surface area contributed by atoms with Crippen molar-refractivity contribution in [3.8, 4) is 0 Å². The van der Waals surface area contributed by atoms with Gasteiger partial charge in [-0.05, 0) is 70.3 Å². The molecule has 116 valence electrons. The Hall–Kier alpha value is -1.59. The molecule has 0 radical (unpaired) electrons. The fourth-order valence-electron chi connectivity index (χ4n) is 2.64. The number of benzene rings is 3. The number of rotatable bonds is 3. The van der Waals surface area contributed by atoms with E-state index in [4.69, 9.17) is 11.6 Å². The van der Waals surface area contributed by atoms with Crippen LogP contribution in [-0.2, 0) is 6.42 Å². The van der Waals surface area contributed by atoms with Crippen LogP contribution in [0.2, 0.25) is 5.02 Å². The van der Waals surface area contributed by atoms with Crippen molar-refractivity contribution in [2.24, 2.45) is 0 Å². The molecule has 2 nitrogen and oxygen atoms in total. The average molecular weight is 436 g/mol. The quantitative estimate of drug-likeness (QED) is 0.509. The van der Waals surface area contributed by atoms with Crippen LogP contribution in [0.1, 0.15) is 22.8 Å². The third kappa shape index (κ3) is 3.35. The van der Waals surface area contributed by atoms with Gasteiger partial charge in [0.05, 0.1) is 0 Å². The number of carbonyl (C=O) groups excluding carboxylic acids is 1. The standard InChI is InChI=1S/C19H15ClINO/c1-2-12-11-13(21)9-10-18(12)22-19(23)16-7-3-6-15-14(16)5-4-8-17(15)20/h3-11H,2H2,1H3,(H,22,23). The van der Waals surface area contributed by atoms with E-state index in [0.29, 0.717) is 10.6 Å². The minimum atomic E-state index is -0.117. The Bertz CT molecular complexity index is 892. The van der Waals surface area contributed by atoms with Crippen molar-refractivity contribution in [1.82, 2.24) is 0 Å². The predicted molar refractivity (Wildman–Crippen MR) is 105 cm³/mol. The first-order valence-corrected chi connectivity index (χ1v) is 8.83. The van der Waals surface area contributed by atoms with Gasteiger partial charge in [0.15, 0.2) is 0 Å². The van der Waals surface area contributed by atoms with Crippen molar-refractivity contribution in [3.05, 3.63) is 74.3 Å². The normalized spacial score (nSPS) is 10.7. The number of amides is 1. The van der Waals surface area contributed by atoms with Crippen LogP contribution >= 0.6 is 34.2 Å². The van der Waals surface area contributed by atoms with E-state index in [0.717, 1.165) is 32.0 Å². The summed E-state index contributed by atoms with van der Waals surface area (Å²) in [7, 11) is 0. The molecule has 0 spiro atoms. The fraction of sp³-hybridized carbons (Fsp3) is 0.105. The molecule has 1 amide bonds. The van der Waals surface area contributed by atoms with E-state index in [1.54, 1.807) is 0 Å². The largest absolute Gasteiger partial charge is 0.322 e. The number of halogens is 2. The van der Waals surface area contributed by atoms with E-state index in [9.17, 15) is 4.79 Å². The summed E-state index contributed by atoms with van der Waals surface area (Å²) in [5, 5.41) is 5.44. The molecular weight excluding hydrogens is 421 g/mol. The molecule has 1 N–H and O–H groups in total. The minimum absolute atomic E-state index is 0.117. The topological polar surface area (TPSA) is 29.1 Å². The fourth-order valence-corrected chi connectivity index (χ4v) is 3.43. The summed E-state index contributed by atoms with van der Waals surface area (Å²) in [5.41, 5.74) is 2.62. The second-order valence-corrected chi connectivity index (χ2v) is 6.90. The Morgan fingerprint density at radius 3 is 2.61 bits per heavy atom. The number of anilines is 1. The van der Waals surface area contributed by atoms with E-state index < -0.39 is 0 Å². The van der Waals surface area contributed by atoms with Gasteiger partial charge < -0.3 is 5.32 Å². The van der Waals surface area contributed by atoms with Crippen LogP contribution in [0, 0.1) is 3.57 Å². The van der Waals surface area contributed by atoms with E-state index >= 15 is 0 Å². The van der Waals surface area contributed by atoms with Gasteiger partial charge in [0.1, 0.15) is 0 Å². The van der Waals surface area contributed by atoms with Gasteiger partial charge in [0.25, 0.3) is 5.91 Å². The zero-order chi connectivity index (χ0) is 16.4. The zero-order valence-corrected chi connectivity index (χ0v) is 15.5. The Kier molecular flexibility index (Phi) is 4.87. The number of fused-ring (bicyclic) bond motifs is 1. The van der Waals surface area contributed by atoms with E-state index in [-0.39, 0.29) is 5.91 Å². The molecule has 0 saturated carbocycles. The third-order valence-electron chi connectivity index (χ3n) is 3.81. The average Bonchev–Trinajstić information content (AvgIpc) is 2.56. The Labute approximate surface area is 154 Å². The van der Waals surface area contributed by atoms with Crippen molar-refractivity contribution < 1.29 is 4.79 Å². The third-order valence-corrected chi connectivity index (χ3v) is 4.81. The highest BCUT2D eigenvalue weighted by Gasteiger charge is 2.13. The Morgan fingerprint density at radius 1 is 1.09 bits per heavy atom. The molecule has 0 heterocycles. The van der Waals surface area contributed by atoms with Gasteiger partial charge >= 0.3 is 0 Å². The van der Waals surface area contributed by atoms with Crippen LogP contribution in [0.25, 0.3) is 10.8 Å². The molecule has 4 heteroatoms. The van der Waals surface area contributed by atoms with Gasteiger partial charge in [-0.3, -0.25) is 4.79 Å². The molecule has 0 fully saturated rings. The second-order valence-electron chi connectivity index (χ2n) is 5.25. The molecule has 0 saturated heterocycles. The van der Waals surface area contributed by atoms with Gasteiger partial charge in [0.2, 0.25) is 0 Å². The lowest BCUT2D eigenvalue weighted by molar-refractivity contribution is 0.102. The van der Waals surface area contributed by atoms with Crippen LogP contribution in [-0.4, -0.2) is 5.91 Å². The molecule has 23 heavy (non-hydrogen) atoms. The van der Waals surface area contributed by atoms with Crippen LogP contribution < -0.4 is 5.32 Å². The van der Waals surface area contributed by atoms with E-state index in [2.05, 4.69) is 40.9 Å². The van der Waals surface area contributed by atoms with Gasteiger partial charge in [0, 0.05) is 25.2 Å². The number of nitrogens with one attached hydrogen (secondary N) is 1. The van der Waals surface area contributed by atoms with Crippen LogP contribution in [0.5, 0.6) is 0 Å². The van der Waals surface area contributed by atoms with Crippen molar-refractivity contribution >= 4 is 56.6 Å². The zero-order valence-electron chi connectivity index (χ0n) is 12.6. The summed E-state index contributed by atoms with van der Waals surface area (Å²) in [5.74, 6) is -0.117. The maximum Gasteiger partial charge on any atom is 0.256 e. The van der Waals surface area contributed by atoms with Crippen molar-refractivity contribution in [2.75, 3.05) is 5.32 Å². The van der Waals surface area contributed by atoms with Crippen LogP contribution in [0.3, 0.4) is 0 Å². The predicted octanol–water partition coefficient (Wildman–Crippen LogP) is 5.91. The van der Waals surface area contributed by atoms with E-state index in [1.807, 2.05) is 48.5 Å². The molecule has 0 unspecified atom stereocenters. The summed E-state index contributed by atoms with van der Waals surface area (Å²) in [4.78, 5) is 12.7. The minimum Gasteiger partial charge on any atom is -0.322 e. The lowest BCUT2D eigenvalue weighted by Gasteiger charge is -2.12. The summed E-state index contributed by atoms with van der Waals surface area (Å²) in [6.07, 6.45) is 0.869. The highest BCUT2D eigenvalue weighted by atomic mass is 127. The molecule has 0 aliphatic carbocycles. The van der Waals surface area contributed by atoms with Gasteiger partial charge in [-0.15, -0.1) is 0 Å². The highest BCUT2D eigenvalue weighted by molar-refractivity contribution is 14.1. The number of hydrogen-bond donors (Lipinski definition) is 1. The van der Waals surface area contributed by atoms with Crippen LogP contribution in [0.4, 0.5) is 5.69 Å². The van der Waals surface area contributed by atoms with Crippen LogP contribution in [0.15, 0.2) is 54.6 Å². The molecule has 0 aliphatic heterocycles. The lowest BCUT2D eigenvalue weighted by atomic mass is 10.0. The van der Waals surface area contributed by atoms with Crippen molar-refractivity contribution in [2.45, 2.75) is 13.3 Å². The molecule has 0 aliphatic rings. The number of carbonyl (C=O) groups is 1. The van der Waals surface area contributed by atoms with Crippen molar-refractivity contribution in [1.29, 1.82) is 0 Å². The molecule has 3 aromatic rings. The molecule has 0 aromatic heterocycles. The highest BCUT2D eigenvalue weighted by Crippen LogP contribution is 2.27. The SMILES string of the molecule is CCc1cc(I)ccc1NC(=O)c1cccc2c(Cl)cccc12. The molecule has 0 atom stereocenters. The molecule has 0 bridgehead atoms. The summed E-state index contributed by atoms with van der Waals surface area (Å²) in [6, 6.07) is 17.3. The molecule has 3 rings (SSSR count). The smallest absolute Gasteiger partial charge is 0.256 e. The molecular formula is C19H15ClINO. The summed E-state index contributed by atoms with van der Waals surface area (Å²) >= 11 is 8.50. The van der Waals surface area contributed by atoms with Gasteiger partial charge in [-0.1, -0.05) is 42.8 Å². The maximum absolute atomic E-state index is 12.7. The van der Waals surface area contributed by atoms with Crippen molar-refractivity contribution in [3.63, 3.8) is 0 Å². The first-order chi connectivity index (χ1) is 11.1. The first kappa shape index (κ1) is 16.3. The van der Waals surface area contributed by atoms with E-state index in [1.165, 1.54) is 0 Å². The Balaban J connectivity index is 2.00. The van der Waals surface area contributed by atoms with Gasteiger partial charge in [-0.2, -0.15) is 0 Å². The molecule has 3 aromatic carbocycles. The maximum atomic E-state index is 12.7.